The summed E-state index contributed by atoms with van der Waals surface area (Å²) in [5.74, 6) is 0.661. The van der Waals surface area contributed by atoms with Gasteiger partial charge in [0.15, 0.2) is 0 Å². The predicted molar refractivity (Wildman–Crippen MR) is 67.2 cm³/mol. The van der Waals surface area contributed by atoms with Crippen LogP contribution in [0.3, 0.4) is 0 Å². The van der Waals surface area contributed by atoms with E-state index in [0.29, 0.717) is 12.0 Å². The SMILES string of the molecule is [CH2]C1CCC(OCCc2ccccc2)CC1. The van der Waals surface area contributed by atoms with E-state index in [2.05, 4.69) is 37.3 Å². The fraction of sp³-hybridized carbons (Fsp3) is 0.533. The maximum Gasteiger partial charge on any atom is 0.0575 e. The average Bonchev–Trinajstić information content (AvgIpc) is 2.33. The second-order valence-electron chi connectivity index (χ2n) is 4.75. The first-order chi connectivity index (χ1) is 7.84. The zero-order valence-electron chi connectivity index (χ0n) is 9.90. The largest absolute Gasteiger partial charge is 0.378 e. The average molecular weight is 217 g/mol. The van der Waals surface area contributed by atoms with Crippen LogP contribution in [0.4, 0.5) is 0 Å². The molecule has 1 aromatic carbocycles. The van der Waals surface area contributed by atoms with E-state index in [1.54, 1.807) is 0 Å². The van der Waals surface area contributed by atoms with Crippen molar-refractivity contribution in [3.8, 4) is 0 Å². The number of rotatable bonds is 4. The molecule has 0 aliphatic heterocycles. The van der Waals surface area contributed by atoms with Gasteiger partial charge in [0.1, 0.15) is 0 Å². The van der Waals surface area contributed by atoms with Crippen molar-refractivity contribution in [2.45, 2.75) is 38.2 Å². The zero-order valence-corrected chi connectivity index (χ0v) is 9.90. The van der Waals surface area contributed by atoms with E-state index < -0.39 is 0 Å². The summed E-state index contributed by atoms with van der Waals surface area (Å²) in [5, 5.41) is 0. The van der Waals surface area contributed by atoms with Crippen LogP contribution in [-0.4, -0.2) is 12.7 Å². The van der Waals surface area contributed by atoms with E-state index in [0.717, 1.165) is 13.0 Å². The van der Waals surface area contributed by atoms with Crippen LogP contribution in [0.25, 0.3) is 0 Å². The molecule has 0 N–H and O–H groups in total. The normalized spacial score (nSPS) is 25.6. The first kappa shape index (κ1) is 11.7. The summed E-state index contributed by atoms with van der Waals surface area (Å²) in [7, 11) is 0. The summed E-state index contributed by atoms with van der Waals surface area (Å²) < 4.78 is 5.91. The summed E-state index contributed by atoms with van der Waals surface area (Å²) in [6, 6.07) is 10.6. The molecule has 16 heavy (non-hydrogen) atoms. The Kier molecular flexibility index (Phi) is 4.41. The molecule has 0 unspecified atom stereocenters. The van der Waals surface area contributed by atoms with Gasteiger partial charge in [0.2, 0.25) is 0 Å². The molecule has 1 heteroatoms. The van der Waals surface area contributed by atoms with Gasteiger partial charge in [0.25, 0.3) is 0 Å². The van der Waals surface area contributed by atoms with Crippen molar-refractivity contribution < 1.29 is 4.74 Å². The molecule has 1 fully saturated rings. The Hall–Kier alpha value is -0.820. The van der Waals surface area contributed by atoms with E-state index in [9.17, 15) is 0 Å². The highest BCUT2D eigenvalue weighted by Crippen LogP contribution is 2.25. The molecule has 1 radical (unpaired) electrons. The van der Waals surface area contributed by atoms with Crippen LogP contribution < -0.4 is 0 Å². The molecule has 1 aliphatic carbocycles. The molecule has 1 nitrogen and oxygen atoms in total. The number of ether oxygens (including phenoxy) is 1. The Bertz CT molecular complexity index is 286. The highest BCUT2D eigenvalue weighted by molar-refractivity contribution is 5.14. The van der Waals surface area contributed by atoms with Crippen molar-refractivity contribution in [3.63, 3.8) is 0 Å². The Labute approximate surface area is 98.8 Å². The molecule has 0 atom stereocenters. The second-order valence-corrected chi connectivity index (χ2v) is 4.75. The van der Waals surface area contributed by atoms with Crippen molar-refractivity contribution >= 4 is 0 Å². The standard InChI is InChI=1S/C15H21O/c1-13-7-9-15(10-8-13)16-12-11-14-5-3-2-4-6-14/h2-6,13,15H,1,7-12H2. The maximum absolute atomic E-state index is 5.91. The lowest BCUT2D eigenvalue weighted by atomic mass is 9.89. The molecule has 0 bridgehead atoms. The van der Waals surface area contributed by atoms with E-state index in [4.69, 9.17) is 4.74 Å². The van der Waals surface area contributed by atoms with Crippen LogP contribution in [0, 0.1) is 12.8 Å². The Morgan fingerprint density at radius 3 is 2.44 bits per heavy atom. The van der Waals surface area contributed by atoms with E-state index >= 15 is 0 Å². The topological polar surface area (TPSA) is 9.23 Å². The Morgan fingerprint density at radius 2 is 1.75 bits per heavy atom. The third-order valence-electron chi connectivity index (χ3n) is 3.38. The minimum atomic E-state index is 0.488. The quantitative estimate of drug-likeness (QED) is 0.748. The molecule has 1 aromatic rings. The van der Waals surface area contributed by atoms with Gasteiger partial charge < -0.3 is 4.74 Å². The lowest BCUT2D eigenvalue weighted by Gasteiger charge is -2.26. The van der Waals surface area contributed by atoms with Crippen molar-refractivity contribution in [2.24, 2.45) is 5.92 Å². The molecule has 1 saturated carbocycles. The fourth-order valence-electron chi connectivity index (χ4n) is 2.29. The third kappa shape index (κ3) is 3.64. The van der Waals surface area contributed by atoms with Gasteiger partial charge in [-0.2, -0.15) is 0 Å². The van der Waals surface area contributed by atoms with Crippen molar-refractivity contribution in [3.05, 3.63) is 42.8 Å². The smallest absolute Gasteiger partial charge is 0.0575 e. The fourth-order valence-corrected chi connectivity index (χ4v) is 2.29. The van der Waals surface area contributed by atoms with Crippen LogP contribution in [0.1, 0.15) is 31.2 Å². The number of benzene rings is 1. The van der Waals surface area contributed by atoms with Crippen LogP contribution in [0.15, 0.2) is 30.3 Å². The van der Waals surface area contributed by atoms with E-state index in [1.807, 2.05) is 0 Å². The first-order valence-electron chi connectivity index (χ1n) is 6.33. The molecule has 1 aliphatic rings. The number of hydrogen-bond acceptors (Lipinski definition) is 1. The van der Waals surface area contributed by atoms with Gasteiger partial charge in [0, 0.05) is 0 Å². The monoisotopic (exact) mass is 217 g/mol. The van der Waals surface area contributed by atoms with Gasteiger partial charge in [-0.15, -0.1) is 0 Å². The summed E-state index contributed by atoms with van der Waals surface area (Å²) in [4.78, 5) is 0. The zero-order chi connectivity index (χ0) is 11.2. The Balaban J connectivity index is 1.65. The summed E-state index contributed by atoms with van der Waals surface area (Å²) in [6.07, 6.45) is 6.38. The van der Waals surface area contributed by atoms with Gasteiger partial charge >= 0.3 is 0 Å². The van der Waals surface area contributed by atoms with Gasteiger partial charge in [0.05, 0.1) is 12.7 Å². The van der Waals surface area contributed by atoms with Gasteiger partial charge in [-0.1, -0.05) is 37.3 Å². The molecule has 0 spiro atoms. The minimum Gasteiger partial charge on any atom is -0.378 e. The number of hydrogen-bond donors (Lipinski definition) is 0. The highest BCUT2D eigenvalue weighted by Gasteiger charge is 2.18. The summed E-state index contributed by atoms with van der Waals surface area (Å²) >= 11 is 0. The molecule has 0 heterocycles. The predicted octanol–water partition coefficient (Wildman–Crippen LogP) is 3.64. The Morgan fingerprint density at radius 1 is 1.06 bits per heavy atom. The molecule has 87 valence electrons. The van der Waals surface area contributed by atoms with Crippen molar-refractivity contribution in [1.29, 1.82) is 0 Å². The molecule has 0 saturated heterocycles. The van der Waals surface area contributed by atoms with Crippen molar-refractivity contribution in [2.75, 3.05) is 6.61 Å². The molecule has 2 rings (SSSR count). The van der Waals surface area contributed by atoms with Crippen LogP contribution in [0.5, 0.6) is 0 Å². The van der Waals surface area contributed by atoms with Gasteiger partial charge in [-0.3, -0.25) is 0 Å². The van der Waals surface area contributed by atoms with Crippen LogP contribution >= 0.6 is 0 Å². The van der Waals surface area contributed by atoms with E-state index in [1.165, 1.54) is 31.2 Å². The third-order valence-corrected chi connectivity index (χ3v) is 3.38. The minimum absolute atomic E-state index is 0.488. The van der Waals surface area contributed by atoms with Gasteiger partial charge in [-0.05, 0) is 43.6 Å². The summed E-state index contributed by atoms with van der Waals surface area (Å²) in [6.45, 7) is 4.96. The molecule has 0 aromatic heterocycles. The molecular weight excluding hydrogens is 196 g/mol. The first-order valence-corrected chi connectivity index (χ1v) is 6.33. The molecule has 0 amide bonds. The second kappa shape index (κ2) is 6.05. The van der Waals surface area contributed by atoms with Gasteiger partial charge in [-0.25, -0.2) is 0 Å². The maximum atomic E-state index is 5.91. The van der Waals surface area contributed by atoms with Crippen LogP contribution in [-0.2, 0) is 11.2 Å². The van der Waals surface area contributed by atoms with Crippen molar-refractivity contribution in [1.82, 2.24) is 0 Å². The van der Waals surface area contributed by atoms with Crippen LogP contribution in [0.2, 0.25) is 0 Å². The lowest BCUT2D eigenvalue weighted by Crippen LogP contribution is -2.21. The highest BCUT2D eigenvalue weighted by atomic mass is 16.5. The van der Waals surface area contributed by atoms with E-state index in [-0.39, 0.29) is 0 Å². The molecular formula is C15H21O. The lowest BCUT2D eigenvalue weighted by molar-refractivity contribution is 0.0238. The summed E-state index contributed by atoms with van der Waals surface area (Å²) in [5.41, 5.74) is 1.37.